The summed E-state index contributed by atoms with van der Waals surface area (Å²) in [6.07, 6.45) is -0.900. The van der Waals surface area contributed by atoms with E-state index < -0.39 is 16.1 Å². The van der Waals surface area contributed by atoms with Gasteiger partial charge in [0.2, 0.25) is 0 Å². The molecule has 136 valence electrons. The number of aliphatic hydroxyl groups excluding tert-OH is 1. The predicted octanol–water partition coefficient (Wildman–Crippen LogP) is 3.11. The third-order valence-corrected chi connectivity index (χ3v) is 5.81. The summed E-state index contributed by atoms with van der Waals surface area (Å²) in [5.41, 5.74) is 0.232. The third-order valence-electron chi connectivity index (χ3n) is 3.46. The number of rotatable bonds is 7. The Kier molecular flexibility index (Phi) is 6.71. The highest BCUT2D eigenvalue weighted by Crippen LogP contribution is 2.33. The zero-order chi connectivity index (χ0) is 18.6. The molecule has 0 heterocycles. The molecule has 0 amide bonds. The molecule has 5 nitrogen and oxygen atoms in total. The second-order valence-electron chi connectivity index (χ2n) is 5.86. The van der Waals surface area contributed by atoms with Gasteiger partial charge < -0.3 is 10.0 Å². The van der Waals surface area contributed by atoms with Crippen LogP contribution in [0.1, 0.15) is 0 Å². The van der Waals surface area contributed by atoms with Gasteiger partial charge in [0.15, 0.2) is 0 Å². The second-order valence-corrected chi connectivity index (χ2v) is 8.57. The van der Waals surface area contributed by atoms with E-state index in [-0.39, 0.29) is 22.2 Å². The summed E-state index contributed by atoms with van der Waals surface area (Å²) >= 11 is 12.2. The summed E-state index contributed by atoms with van der Waals surface area (Å²) < 4.78 is 27.3. The fourth-order valence-corrected chi connectivity index (χ4v) is 4.36. The molecule has 0 radical (unpaired) electrons. The number of aliphatic hydroxyl groups is 1. The first-order valence-corrected chi connectivity index (χ1v) is 9.77. The van der Waals surface area contributed by atoms with Crippen LogP contribution < -0.4 is 4.31 Å². The van der Waals surface area contributed by atoms with Crippen LogP contribution in [-0.4, -0.2) is 51.7 Å². The Balaban J connectivity index is 2.51. The van der Waals surface area contributed by atoms with Crippen LogP contribution in [0.4, 0.5) is 5.69 Å². The van der Waals surface area contributed by atoms with Gasteiger partial charge in [0.25, 0.3) is 10.0 Å². The summed E-state index contributed by atoms with van der Waals surface area (Å²) in [5.74, 6) is 0. The van der Waals surface area contributed by atoms with E-state index in [9.17, 15) is 13.5 Å². The Morgan fingerprint density at radius 1 is 1.04 bits per heavy atom. The SMILES string of the molecule is CN(C)C[C@H](O)CN(c1cc(Cl)ccc1Cl)S(=O)(=O)c1ccccc1. The van der Waals surface area contributed by atoms with Gasteiger partial charge in [-0.2, -0.15) is 0 Å². The number of anilines is 1. The summed E-state index contributed by atoms with van der Waals surface area (Å²) in [4.78, 5) is 1.89. The zero-order valence-corrected chi connectivity index (χ0v) is 16.3. The van der Waals surface area contributed by atoms with Gasteiger partial charge in [-0.3, -0.25) is 4.31 Å². The van der Waals surface area contributed by atoms with Crippen molar-refractivity contribution in [3.8, 4) is 0 Å². The van der Waals surface area contributed by atoms with Gasteiger partial charge in [-0.1, -0.05) is 41.4 Å². The molecule has 0 saturated carbocycles. The lowest BCUT2D eigenvalue weighted by Gasteiger charge is -2.28. The lowest BCUT2D eigenvalue weighted by molar-refractivity contribution is 0.145. The van der Waals surface area contributed by atoms with Crippen molar-refractivity contribution in [2.45, 2.75) is 11.0 Å². The zero-order valence-electron chi connectivity index (χ0n) is 13.9. The standard InChI is InChI=1S/C17H20Cl2N2O3S/c1-20(2)11-14(22)12-21(17-10-13(18)8-9-16(17)19)25(23,24)15-6-4-3-5-7-15/h3-10,14,22H,11-12H2,1-2H3/t14-/m0/s1. The van der Waals surface area contributed by atoms with Crippen LogP contribution in [0, 0.1) is 0 Å². The van der Waals surface area contributed by atoms with Crippen LogP contribution in [0.5, 0.6) is 0 Å². The first kappa shape index (κ1) is 20.0. The fraction of sp³-hybridized carbons (Fsp3) is 0.294. The highest BCUT2D eigenvalue weighted by atomic mass is 35.5. The number of hydrogen-bond acceptors (Lipinski definition) is 4. The minimum atomic E-state index is -3.91. The largest absolute Gasteiger partial charge is 0.390 e. The molecule has 0 aliphatic rings. The molecule has 0 aromatic heterocycles. The maximum Gasteiger partial charge on any atom is 0.264 e. The molecule has 8 heteroatoms. The molecule has 0 aliphatic heterocycles. The topological polar surface area (TPSA) is 60.9 Å². The van der Waals surface area contributed by atoms with Gasteiger partial charge in [-0.05, 0) is 44.4 Å². The number of halogens is 2. The van der Waals surface area contributed by atoms with Crippen molar-refractivity contribution in [3.63, 3.8) is 0 Å². The number of hydrogen-bond donors (Lipinski definition) is 1. The third kappa shape index (κ3) is 5.09. The van der Waals surface area contributed by atoms with E-state index in [4.69, 9.17) is 23.2 Å². The van der Waals surface area contributed by atoms with Crippen LogP contribution in [-0.2, 0) is 10.0 Å². The van der Waals surface area contributed by atoms with Crippen molar-refractivity contribution < 1.29 is 13.5 Å². The minimum absolute atomic E-state index is 0.114. The fourth-order valence-electron chi connectivity index (χ4n) is 2.39. The number of sulfonamides is 1. The summed E-state index contributed by atoms with van der Waals surface area (Å²) in [6, 6.07) is 12.6. The molecular formula is C17H20Cl2N2O3S. The number of nitrogens with zero attached hydrogens (tertiary/aromatic N) is 2. The molecule has 2 aromatic carbocycles. The maximum atomic E-state index is 13.1. The molecular weight excluding hydrogens is 383 g/mol. The van der Waals surface area contributed by atoms with E-state index in [0.29, 0.717) is 11.6 Å². The van der Waals surface area contributed by atoms with Crippen molar-refractivity contribution >= 4 is 38.9 Å². The van der Waals surface area contributed by atoms with Crippen LogP contribution in [0.2, 0.25) is 10.0 Å². The van der Waals surface area contributed by atoms with E-state index >= 15 is 0 Å². The normalized spacial score (nSPS) is 13.0. The molecule has 1 atom stereocenters. The predicted molar refractivity (Wildman–Crippen MR) is 102 cm³/mol. The first-order valence-electron chi connectivity index (χ1n) is 7.57. The Hall–Kier alpha value is -1.31. The van der Waals surface area contributed by atoms with E-state index in [1.54, 1.807) is 43.3 Å². The van der Waals surface area contributed by atoms with Crippen molar-refractivity contribution in [2.24, 2.45) is 0 Å². The molecule has 0 fully saturated rings. The quantitative estimate of drug-likeness (QED) is 0.772. The van der Waals surface area contributed by atoms with Crippen LogP contribution in [0.25, 0.3) is 0 Å². The molecule has 0 aliphatic carbocycles. The van der Waals surface area contributed by atoms with Crippen molar-refractivity contribution in [3.05, 3.63) is 58.6 Å². The molecule has 0 unspecified atom stereocenters. The maximum absolute atomic E-state index is 13.1. The summed E-state index contributed by atoms with van der Waals surface area (Å²) in [5, 5.41) is 10.9. The van der Waals surface area contributed by atoms with Gasteiger partial charge in [0.1, 0.15) is 0 Å². The Morgan fingerprint density at radius 3 is 2.28 bits per heavy atom. The average molecular weight is 403 g/mol. The van der Waals surface area contributed by atoms with Gasteiger partial charge in [0.05, 0.1) is 28.3 Å². The van der Waals surface area contributed by atoms with Crippen molar-refractivity contribution in [1.29, 1.82) is 0 Å². The molecule has 0 spiro atoms. The minimum Gasteiger partial charge on any atom is -0.390 e. The Bertz CT molecular complexity index is 814. The highest BCUT2D eigenvalue weighted by molar-refractivity contribution is 7.92. The molecule has 1 N–H and O–H groups in total. The lowest BCUT2D eigenvalue weighted by Crippen LogP contribution is -2.41. The van der Waals surface area contributed by atoms with Crippen LogP contribution >= 0.6 is 23.2 Å². The van der Waals surface area contributed by atoms with E-state index in [1.807, 2.05) is 0 Å². The van der Waals surface area contributed by atoms with E-state index in [2.05, 4.69) is 0 Å². The van der Waals surface area contributed by atoms with Crippen molar-refractivity contribution in [1.82, 2.24) is 4.90 Å². The summed E-state index contributed by atoms with van der Waals surface area (Å²) in [7, 11) is -0.318. The van der Waals surface area contributed by atoms with Crippen molar-refractivity contribution in [2.75, 3.05) is 31.5 Å². The Morgan fingerprint density at radius 2 is 1.68 bits per heavy atom. The molecule has 0 saturated heterocycles. The van der Waals surface area contributed by atoms with E-state index in [0.717, 1.165) is 4.31 Å². The molecule has 2 rings (SSSR count). The van der Waals surface area contributed by atoms with Gasteiger partial charge in [0, 0.05) is 11.6 Å². The highest BCUT2D eigenvalue weighted by Gasteiger charge is 2.29. The monoisotopic (exact) mass is 402 g/mol. The number of benzene rings is 2. The van der Waals surface area contributed by atoms with Gasteiger partial charge in [-0.15, -0.1) is 0 Å². The summed E-state index contributed by atoms with van der Waals surface area (Å²) in [6.45, 7) is 0.161. The molecule has 25 heavy (non-hydrogen) atoms. The lowest BCUT2D eigenvalue weighted by atomic mass is 10.3. The molecule has 2 aromatic rings. The van der Waals surface area contributed by atoms with Gasteiger partial charge in [-0.25, -0.2) is 8.42 Å². The first-order chi connectivity index (χ1) is 11.7. The van der Waals surface area contributed by atoms with E-state index in [1.165, 1.54) is 24.3 Å². The average Bonchev–Trinajstić information content (AvgIpc) is 2.55. The Labute approximate surface area is 158 Å². The smallest absolute Gasteiger partial charge is 0.264 e. The van der Waals surface area contributed by atoms with Crippen LogP contribution in [0.15, 0.2) is 53.4 Å². The molecule has 0 bridgehead atoms. The van der Waals surface area contributed by atoms with Gasteiger partial charge >= 0.3 is 0 Å². The number of likely N-dealkylation sites (N-methyl/N-ethyl adjacent to an activating group) is 1. The van der Waals surface area contributed by atoms with Crippen LogP contribution in [0.3, 0.4) is 0 Å². The second kappa shape index (κ2) is 8.38.